The van der Waals surface area contributed by atoms with Gasteiger partial charge in [0, 0.05) is 19.0 Å². The first-order valence-electron chi connectivity index (χ1n) is 5.91. The van der Waals surface area contributed by atoms with E-state index < -0.39 is 11.9 Å². The summed E-state index contributed by atoms with van der Waals surface area (Å²) in [6.45, 7) is 5.33. The maximum absolute atomic E-state index is 10.9. The fourth-order valence-electron chi connectivity index (χ4n) is 1.89. The van der Waals surface area contributed by atoms with E-state index in [0.29, 0.717) is 11.8 Å². The summed E-state index contributed by atoms with van der Waals surface area (Å²) in [7, 11) is 0. The third kappa shape index (κ3) is 2.40. The molecule has 0 radical (unpaired) electrons. The zero-order chi connectivity index (χ0) is 12.4. The second-order valence-corrected chi connectivity index (χ2v) is 4.54. The minimum Gasteiger partial charge on any atom is -0.481 e. The molecular formula is C11H17N3O3. The van der Waals surface area contributed by atoms with Crippen molar-refractivity contribution >= 4 is 11.9 Å². The molecule has 94 valence electrons. The molecule has 0 amide bonds. The van der Waals surface area contributed by atoms with Gasteiger partial charge in [0.1, 0.15) is 0 Å². The summed E-state index contributed by atoms with van der Waals surface area (Å²) in [4.78, 5) is 17.2. The number of hydrogen-bond donors (Lipinski definition) is 1. The molecule has 17 heavy (non-hydrogen) atoms. The third-order valence-corrected chi connectivity index (χ3v) is 3.35. The predicted molar refractivity (Wildman–Crippen MR) is 61.0 cm³/mol. The van der Waals surface area contributed by atoms with E-state index in [4.69, 9.17) is 9.63 Å². The molecule has 0 saturated carbocycles. The van der Waals surface area contributed by atoms with Crippen LogP contribution in [-0.4, -0.2) is 34.3 Å². The molecule has 1 aromatic rings. The summed E-state index contributed by atoms with van der Waals surface area (Å²) in [6.07, 6.45) is 2.29. The van der Waals surface area contributed by atoms with E-state index in [0.717, 1.165) is 25.9 Å². The van der Waals surface area contributed by atoms with Crippen LogP contribution >= 0.6 is 0 Å². The zero-order valence-corrected chi connectivity index (χ0v) is 10.1. The summed E-state index contributed by atoms with van der Waals surface area (Å²) in [6, 6.07) is 0. The number of carboxylic acids is 1. The Balaban J connectivity index is 2.09. The van der Waals surface area contributed by atoms with Crippen LogP contribution in [0.3, 0.4) is 0 Å². The molecule has 2 rings (SSSR count). The first-order chi connectivity index (χ1) is 8.09. The van der Waals surface area contributed by atoms with E-state index in [2.05, 4.69) is 15.0 Å². The van der Waals surface area contributed by atoms with Gasteiger partial charge in [-0.1, -0.05) is 13.8 Å². The molecule has 0 bridgehead atoms. The predicted octanol–water partition coefficient (Wildman–Crippen LogP) is 1.49. The molecule has 0 aliphatic carbocycles. The van der Waals surface area contributed by atoms with Gasteiger partial charge < -0.3 is 14.5 Å². The van der Waals surface area contributed by atoms with E-state index >= 15 is 0 Å². The van der Waals surface area contributed by atoms with E-state index in [1.807, 2.05) is 0 Å². The lowest BCUT2D eigenvalue weighted by Gasteiger charge is -2.11. The maximum Gasteiger partial charge on any atom is 0.307 e. The Morgan fingerprint density at radius 2 is 2.06 bits per heavy atom. The molecule has 1 N–H and O–H groups in total. The molecule has 1 aromatic heterocycles. The van der Waals surface area contributed by atoms with Gasteiger partial charge in [0.05, 0.1) is 5.92 Å². The standard InChI is InChI=1S/C11H17N3O3/c1-7(8(2)10(15)16)9-12-11(13-17-9)14-5-3-4-6-14/h7-8H,3-6H2,1-2H3,(H,15,16). The summed E-state index contributed by atoms with van der Waals surface area (Å²) in [5, 5.41) is 12.8. The fraction of sp³-hybridized carbons (Fsp3) is 0.727. The second kappa shape index (κ2) is 4.73. The quantitative estimate of drug-likeness (QED) is 0.857. The SMILES string of the molecule is CC(C(=O)O)C(C)c1nc(N2CCCC2)no1. The van der Waals surface area contributed by atoms with Crippen molar-refractivity contribution in [1.29, 1.82) is 0 Å². The number of aromatic nitrogens is 2. The second-order valence-electron chi connectivity index (χ2n) is 4.54. The monoisotopic (exact) mass is 239 g/mol. The summed E-state index contributed by atoms with van der Waals surface area (Å²) in [5.41, 5.74) is 0. The number of aliphatic carboxylic acids is 1. The highest BCUT2D eigenvalue weighted by Gasteiger charge is 2.27. The van der Waals surface area contributed by atoms with Gasteiger partial charge in [-0.2, -0.15) is 4.98 Å². The van der Waals surface area contributed by atoms with Crippen molar-refractivity contribution in [3.8, 4) is 0 Å². The Hall–Kier alpha value is -1.59. The summed E-state index contributed by atoms with van der Waals surface area (Å²) in [5.74, 6) is -0.652. The van der Waals surface area contributed by atoms with E-state index in [1.54, 1.807) is 13.8 Å². The lowest BCUT2D eigenvalue weighted by molar-refractivity contribution is -0.141. The van der Waals surface area contributed by atoms with Crippen LogP contribution < -0.4 is 4.90 Å². The summed E-state index contributed by atoms with van der Waals surface area (Å²) >= 11 is 0. The van der Waals surface area contributed by atoms with Crippen molar-refractivity contribution in [2.45, 2.75) is 32.6 Å². The van der Waals surface area contributed by atoms with Crippen molar-refractivity contribution in [3.63, 3.8) is 0 Å². The average molecular weight is 239 g/mol. The highest BCUT2D eigenvalue weighted by atomic mass is 16.5. The van der Waals surface area contributed by atoms with E-state index in [-0.39, 0.29) is 5.92 Å². The fourth-order valence-corrected chi connectivity index (χ4v) is 1.89. The third-order valence-electron chi connectivity index (χ3n) is 3.35. The Morgan fingerprint density at radius 3 is 2.65 bits per heavy atom. The molecule has 1 saturated heterocycles. The highest BCUT2D eigenvalue weighted by molar-refractivity contribution is 5.70. The number of carboxylic acid groups (broad SMARTS) is 1. The Kier molecular flexibility index (Phi) is 3.31. The van der Waals surface area contributed by atoms with Crippen molar-refractivity contribution in [2.24, 2.45) is 5.92 Å². The van der Waals surface area contributed by atoms with Gasteiger partial charge in [-0.15, -0.1) is 0 Å². The molecule has 2 heterocycles. The molecule has 1 aliphatic rings. The van der Waals surface area contributed by atoms with Crippen LogP contribution in [0.4, 0.5) is 5.95 Å². The molecule has 2 atom stereocenters. The largest absolute Gasteiger partial charge is 0.481 e. The molecule has 1 aliphatic heterocycles. The molecule has 2 unspecified atom stereocenters. The first-order valence-corrected chi connectivity index (χ1v) is 5.91. The number of anilines is 1. The van der Waals surface area contributed by atoms with Crippen LogP contribution in [0.15, 0.2) is 4.52 Å². The van der Waals surface area contributed by atoms with Crippen LogP contribution in [-0.2, 0) is 4.79 Å². The number of carbonyl (C=O) groups is 1. The first kappa shape index (κ1) is 11.9. The number of nitrogens with zero attached hydrogens (tertiary/aromatic N) is 3. The lowest BCUT2D eigenvalue weighted by atomic mass is 9.96. The normalized spacial score (nSPS) is 19.3. The summed E-state index contributed by atoms with van der Waals surface area (Å²) < 4.78 is 5.14. The van der Waals surface area contributed by atoms with Gasteiger partial charge in [0.25, 0.3) is 5.95 Å². The van der Waals surface area contributed by atoms with Gasteiger partial charge in [-0.25, -0.2) is 0 Å². The zero-order valence-electron chi connectivity index (χ0n) is 10.1. The highest BCUT2D eigenvalue weighted by Crippen LogP contribution is 2.25. The number of rotatable bonds is 4. The Labute approximate surface area is 99.6 Å². The number of hydrogen-bond acceptors (Lipinski definition) is 5. The molecule has 0 spiro atoms. The molecular weight excluding hydrogens is 222 g/mol. The van der Waals surface area contributed by atoms with Gasteiger partial charge >= 0.3 is 5.97 Å². The van der Waals surface area contributed by atoms with Gasteiger partial charge in [0.15, 0.2) is 0 Å². The van der Waals surface area contributed by atoms with Crippen molar-refractivity contribution in [3.05, 3.63) is 5.89 Å². The van der Waals surface area contributed by atoms with Crippen molar-refractivity contribution in [1.82, 2.24) is 10.1 Å². The average Bonchev–Trinajstić information content (AvgIpc) is 2.96. The smallest absolute Gasteiger partial charge is 0.307 e. The van der Waals surface area contributed by atoms with Gasteiger partial charge in [-0.05, 0) is 18.0 Å². The van der Waals surface area contributed by atoms with Crippen LogP contribution in [0.1, 0.15) is 38.5 Å². The molecule has 1 fully saturated rings. The van der Waals surface area contributed by atoms with E-state index in [9.17, 15) is 4.79 Å². The van der Waals surface area contributed by atoms with Crippen LogP contribution in [0, 0.1) is 5.92 Å². The lowest BCUT2D eigenvalue weighted by Crippen LogP contribution is -2.20. The van der Waals surface area contributed by atoms with Crippen LogP contribution in [0.5, 0.6) is 0 Å². The molecule has 6 heteroatoms. The minimum atomic E-state index is -0.849. The van der Waals surface area contributed by atoms with Gasteiger partial charge in [-0.3, -0.25) is 4.79 Å². The molecule has 0 aromatic carbocycles. The maximum atomic E-state index is 10.9. The topological polar surface area (TPSA) is 79.5 Å². The van der Waals surface area contributed by atoms with Gasteiger partial charge in [0.2, 0.25) is 5.89 Å². The molecule has 6 nitrogen and oxygen atoms in total. The van der Waals surface area contributed by atoms with E-state index in [1.165, 1.54) is 0 Å². The van der Waals surface area contributed by atoms with Crippen molar-refractivity contribution in [2.75, 3.05) is 18.0 Å². The van der Waals surface area contributed by atoms with Crippen LogP contribution in [0.25, 0.3) is 0 Å². The Morgan fingerprint density at radius 1 is 1.41 bits per heavy atom. The van der Waals surface area contributed by atoms with Crippen LogP contribution in [0.2, 0.25) is 0 Å². The minimum absolute atomic E-state index is 0.267. The Bertz CT molecular complexity index is 398. The van der Waals surface area contributed by atoms with Crippen molar-refractivity contribution < 1.29 is 14.4 Å².